The van der Waals surface area contributed by atoms with Crippen molar-refractivity contribution in [2.45, 2.75) is 43.9 Å². The third kappa shape index (κ3) is 7.66. The van der Waals surface area contributed by atoms with Gasteiger partial charge in [0.25, 0.3) is 0 Å². The lowest BCUT2D eigenvalue weighted by Gasteiger charge is -2.05. The summed E-state index contributed by atoms with van der Waals surface area (Å²) in [5.74, 6) is 1.76. The lowest BCUT2D eigenvalue weighted by molar-refractivity contribution is 0.482. The maximum absolute atomic E-state index is 5.69. The molecule has 0 aliphatic rings. The summed E-state index contributed by atoms with van der Waals surface area (Å²) in [6.45, 7) is 8.43. The maximum Gasteiger partial charge on any atom is 0.127 e. The van der Waals surface area contributed by atoms with Gasteiger partial charge in [0.15, 0.2) is 0 Å². The predicted octanol–water partition coefficient (Wildman–Crippen LogP) is 8.80. The van der Waals surface area contributed by atoms with Crippen molar-refractivity contribution in [3.8, 4) is 11.5 Å². The van der Waals surface area contributed by atoms with Crippen LogP contribution in [0.15, 0.2) is 107 Å². The first kappa shape index (κ1) is 22.7. The number of benzene rings is 4. The fourth-order valence-corrected chi connectivity index (χ4v) is 3.70. The van der Waals surface area contributed by atoms with Crippen molar-refractivity contribution in [2.75, 3.05) is 0 Å². The minimum Gasteiger partial charge on any atom is -0.457 e. The van der Waals surface area contributed by atoms with Gasteiger partial charge in [-0.15, -0.1) is 0 Å². The molecule has 0 saturated carbocycles. The highest BCUT2D eigenvalue weighted by atomic mass is 32.2. The summed E-state index contributed by atoms with van der Waals surface area (Å²) in [6, 6.07) is 33.6. The molecule has 0 fully saturated rings. The first-order valence-corrected chi connectivity index (χ1v) is 11.5. The largest absolute Gasteiger partial charge is 0.457 e. The minimum atomic E-state index is 0.879. The summed E-state index contributed by atoms with van der Waals surface area (Å²) >= 11 is 1.82. The van der Waals surface area contributed by atoms with E-state index in [-0.39, 0.29) is 0 Å². The quantitative estimate of drug-likeness (QED) is 0.315. The van der Waals surface area contributed by atoms with Gasteiger partial charge in [0, 0.05) is 9.79 Å². The van der Waals surface area contributed by atoms with E-state index in [1.807, 2.05) is 60.3 Å². The molecule has 0 spiro atoms. The smallest absolute Gasteiger partial charge is 0.127 e. The molecule has 4 rings (SSSR count). The van der Waals surface area contributed by atoms with Gasteiger partial charge in [-0.2, -0.15) is 0 Å². The van der Waals surface area contributed by atoms with Crippen LogP contribution in [0.3, 0.4) is 0 Å². The Hall–Kier alpha value is -2.97. The van der Waals surface area contributed by atoms with Gasteiger partial charge in [0.05, 0.1) is 0 Å². The number of ether oxygens (including phenoxy) is 1. The average Bonchev–Trinajstić information content (AvgIpc) is 2.79. The molecule has 0 aromatic heterocycles. The number of hydrogen-bond acceptors (Lipinski definition) is 2. The van der Waals surface area contributed by atoms with E-state index in [1.165, 1.54) is 32.0 Å². The van der Waals surface area contributed by atoms with Crippen molar-refractivity contribution in [1.29, 1.82) is 0 Å². The van der Waals surface area contributed by atoms with Gasteiger partial charge in [0.1, 0.15) is 11.5 Å². The van der Waals surface area contributed by atoms with Gasteiger partial charge in [-0.05, 0) is 81.3 Å². The molecule has 31 heavy (non-hydrogen) atoms. The van der Waals surface area contributed by atoms with E-state index in [0.717, 1.165) is 17.9 Å². The van der Waals surface area contributed by atoms with Crippen molar-refractivity contribution in [3.05, 3.63) is 119 Å². The standard InChI is InChI=1S/C15H16S.C14H14O/c1-3-13-6-10-15(11-7-13)16-14-8-4-12(2)5-9-14;1-11-3-7-13(8-4-11)15-14-9-5-12(2)6-10-14/h4-11H,3H2,1-2H3;3-10H,1-2H3. The van der Waals surface area contributed by atoms with E-state index < -0.39 is 0 Å². The van der Waals surface area contributed by atoms with Crippen LogP contribution < -0.4 is 4.74 Å². The molecule has 0 atom stereocenters. The zero-order valence-corrected chi connectivity index (χ0v) is 19.6. The predicted molar refractivity (Wildman–Crippen MR) is 134 cm³/mol. The van der Waals surface area contributed by atoms with Gasteiger partial charge < -0.3 is 4.74 Å². The van der Waals surface area contributed by atoms with Crippen LogP contribution in [0.2, 0.25) is 0 Å². The van der Waals surface area contributed by atoms with E-state index in [2.05, 4.69) is 76.2 Å². The van der Waals surface area contributed by atoms with E-state index in [0.29, 0.717) is 0 Å². The van der Waals surface area contributed by atoms with Gasteiger partial charge in [0.2, 0.25) is 0 Å². The second-order valence-corrected chi connectivity index (χ2v) is 8.79. The molecular formula is C29H30OS. The number of rotatable bonds is 5. The minimum absolute atomic E-state index is 0.879. The van der Waals surface area contributed by atoms with Crippen molar-refractivity contribution < 1.29 is 4.74 Å². The highest BCUT2D eigenvalue weighted by Crippen LogP contribution is 2.28. The van der Waals surface area contributed by atoms with E-state index in [9.17, 15) is 0 Å². The molecule has 2 heteroatoms. The second-order valence-electron chi connectivity index (χ2n) is 7.64. The normalized spacial score (nSPS) is 10.2. The monoisotopic (exact) mass is 426 g/mol. The lowest BCUT2D eigenvalue weighted by atomic mass is 10.2. The molecule has 0 unspecified atom stereocenters. The van der Waals surface area contributed by atoms with Crippen molar-refractivity contribution >= 4 is 11.8 Å². The van der Waals surface area contributed by atoms with Crippen LogP contribution in [-0.2, 0) is 6.42 Å². The third-order valence-corrected chi connectivity index (χ3v) is 5.88. The Bertz CT molecular complexity index is 1000. The zero-order chi connectivity index (χ0) is 22.1. The Labute approximate surface area is 191 Å². The first-order chi connectivity index (χ1) is 15.0. The molecule has 4 aromatic carbocycles. The topological polar surface area (TPSA) is 9.23 Å². The van der Waals surface area contributed by atoms with Crippen LogP contribution in [0.25, 0.3) is 0 Å². The third-order valence-electron chi connectivity index (χ3n) is 4.87. The van der Waals surface area contributed by atoms with E-state index in [4.69, 9.17) is 4.74 Å². The summed E-state index contributed by atoms with van der Waals surface area (Å²) < 4.78 is 5.69. The molecule has 0 N–H and O–H groups in total. The Kier molecular flexibility index (Phi) is 8.37. The maximum atomic E-state index is 5.69. The van der Waals surface area contributed by atoms with Crippen LogP contribution in [-0.4, -0.2) is 0 Å². The van der Waals surface area contributed by atoms with Crippen LogP contribution in [0.4, 0.5) is 0 Å². The van der Waals surface area contributed by atoms with Gasteiger partial charge in [-0.1, -0.05) is 83.9 Å². The highest BCUT2D eigenvalue weighted by molar-refractivity contribution is 7.99. The molecule has 0 amide bonds. The van der Waals surface area contributed by atoms with Crippen LogP contribution in [0.1, 0.15) is 29.2 Å². The van der Waals surface area contributed by atoms with Gasteiger partial charge in [-0.25, -0.2) is 0 Å². The molecule has 0 aliphatic heterocycles. The van der Waals surface area contributed by atoms with Crippen LogP contribution >= 0.6 is 11.8 Å². The van der Waals surface area contributed by atoms with Crippen molar-refractivity contribution in [2.24, 2.45) is 0 Å². The van der Waals surface area contributed by atoms with Crippen molar-refractivity contribution in [1.82, 2.24) is 0 Å². The van der Waals surface area contributed by atoms with E-state index >= 15 is 0 Å². The summed E-state index contributed by atoms with van der Waals surface area (Å²) in [5.41, 5.74) is 5.19. The molecular weight excluding hydrogens is 396 g/mol. The second kappa shape index (κ2) is 11.4. The summed E-state index contributed by atoms with van der Waals surface area (Å²) in [5, 5.41) is 0. The summed E-state index contributed by atoms with van der Waals surface area (Å²) in [4.78, 5) is 2.61. The molecule has 158 valence electrons. The molecule has 0 saturated heterocycles. The molecule has 0 radical (unpaired) electrons. The Balaban J connectivity index is 0.000000176. The highest BCUT2D eigenvalue weighted by Gasteiger charge is 1.97. The lowest BCUT2D eigenvalue weighted by Crippen LogP contribution is -1.84. The zero-order valence-electron chi connectivity index (χ0n) is 18.8. The summed E-state index contributed by atoms with van der Waals surface area (Å²) in [7, 11) is 0. The van der Waals surface area contributed by atoms with Crippen molar-refractivity contribution in [3.63, 3.8) is 0 Å². The Morgan fingerprint density at radius 3 is 1.26 bits per heavy atom. The SMILES string of the molecule is CCc1ccc(Sc2ccc(C)cc2)cc1.Cc1ccc(Oc2ccc(C)cc2)cc1. The average molecular weight is 427 g/mol. The molecule has 0 aliphatic carbocycles. The molecule has 0 heterocycles. The van der Waals surface area contributed by atoms with Gasteiger partial charge >= 0.3 is 0 Å². The van der Waals surface area contributed by atoms with Crippen LogP contribution in [0.5, 0.6) is 11.5 Å². The Morgan fingerprint density at radius 1 is 0.516 bits per heavy atom. The molecule has 1 nitrogen and oxygen atoms in total. The van der Waals surface area contributed by atoms with Gasteiger partial charge in [-0.3, -0.25) is 0 Å². The number of hydrogen-bond donors (Lipinski definition) is 0. The fraction of sp³-hybridized carbons (Fsp3) is 0.172. The summed E-state index contributed by atoms with van der Waals surface area (Å²) in [6.07, 6.45) is 1.11. The van der Waals surface area contributed by atoms with Crippen LogP contribution in [0, 0.1) is 20.8 Å². The molecule has 4 aromatic rings. The van der Waals surface area contributed by atoms with E-state index in [1.54, 1.807) is 0 Å². The Morgan fingerprint density at radius 2 is 0.871 bits per heavy atom. The fourth-order valence-electron chi connectivity index (χ4n) is 2.88. The first-order valence-electron chi connectivity index (χ1n) is 10.7. The number of aryl methyl sites for hydroxylation is 4. The molecule has 0 bridgehead atoms.